The lowest BCUT2D eigenvalue weighted by Gasteiger charge is -2.26. The van der Waals surface area contributed by atoms with E-state index in [0.717, 1.165) is 6.08 Å². The predicted molar refractivity (Wildman–Crippen MR) is 139 cm³/mol. The van der Waals surface area contributed by atoms with Crippen LogP contribution in [0.3, 0.4) is 0 Å². The van der Waals surface area contributed by atoms with E-state index in [2.05, 4.69) is 16.0 Å². The van der Waals surface area contributed by atoms with E-state index < -0.39 is 88.7 Å². The van der Waals surface area contributed by atoms with Crippen molar-refractivity contribution in [1.29, 1.82) is 0 Å². The zero-order chi connectivity index (χ0) is 29.8. The molecule has 2 heterocycles. The SMILES string of the molecule is CC(C)C[C@H](NC(=O)/C=C/c1ccccc1F)C(=O)N[C@H]1C[C@@H]2CC(NC2=O)c2c(F)cc(F)c(F)c2OCC1=O. The Labute approximate surface area is 233 Å². The zero-order valence-corrected chi connectivity index (χ0v) is 22.3. The second-order valence-electron chi connectivity index (χ2n) is 10.5. The largest absolute Gasteiger partial charge is 0.482 e. The Morgan fingerprint density at radius 3 is 2.51 bits per heavy atom. The van der Waals surface area contributed by atoms with Crippen molar-refractivity contribution < 1.29 is 41.5 Å². The van der Waals surface area contributed by atoms with Crippen LogP contribution in [-0.2, 0) is 19.2 Å². The molecule has 12 heteroatoms. The molecule has 1 fully saturated rings. The lowest BCUT2D eigenvalue weighted by Crippen LogP contribution is -2.53. The smallest absolute Gasteiger partial charge is 0.244 e. The quantitative estimate of drug-likeness (QED) is 0.266. The topological polar surface area (TPSA) is 114 Å². The number of fused-ring (bicyclic) bond motifs is 4. The summed E-state index contributed by atoms with van der Waals surface area (Å²) in [5.74, 6) is -9.13. The molecule has 2 aliphatic heterocycles. The summed E-state index contributed by atoms with van der Waals surface area (Å²) in [6, 6.07) is 2.76. The molecule has 0 saturated carbocycles. The molecular formula is C29H29F4N3O5. The molecule has 4 atom stereocenters. The number of rotatable bonds is 7. The van der Waals surface area contributed by atoms with E-state index in [1.54, 1.807) is 6.07 Å². The van der Waals surface area contributed by atoms with Gasteiger partial charge >= 0.3 is 0 Å². The van der Waals surface area contributed by atoms with Crippen LogP contribution in [0.5, 0.6) is 5.75 Å². The van der Waals surface area contributed by atoms with Crippen LogP contribution < -0.4 is 20.7 Å². The minimum absolute atomic E-state index is 0.0518. The average Bonchev–Trinajstić information content (AvgIpc) is 3.26. The number of hydrogen-bond donors (Lipinski definition) is 3. The predicted octanol–water partition coefficient (Wildman–Crippen LogP) is 3.50. The molecule has 4 rings (SSSR count). The van der Waals surface area contributed by atoms with E-state index in [1.807, 2.05) is 13.8 Å². The van der Waals surface area contributed by atoms with Gasteiger partial charge in [0, 0.05) is 23.6 Å². The number of ketones is 1. The number of hydrogen-bond acceptors (Lipinski definition) is 5. The molecule has 2 aliphatic rings. The van der Waals surface area contributed by atoms with Crippen molar-refractivity contribution in [3.05, 3.63) is 70.8 Å². The van der Waals surface area contributed by atoms with Gasteiger partial charge in [-0.05, 0) is 37.3 Å². The number of amides is 3. The Morgan fingerprint density at radius 2 is 1.80 bits per heavy atom. The van der Waals surface area contributed by atoms with Crippen LogP contribution in [0.4, 0.5) is 17.6 Å². The fraction of sp³-hybridized carbons (Fsp3) is 0.379. The zero-order valence-electron chi connectivity index (χ0n) is 22.3. The first-order chi connectivity index (χ1) is 19.4. The second-order valence-corrected chi connectivity index (χ2v) is 10.5. The van der Waals surface area contributed by atoms with E-state index in [9.17, 15) is 36.7 Å². The minimum atomic E-state index is -1.52. The molecule has 3 N–H and O–H groups in total. The van der Waals surface area contributed by atoms with Crippen molar-refractivity contribution in [2.75, 3.05) is 6.61 Å². The van der Waals surface area contributed by atoms with Gasteiger partial charge in [-0.2, -0.15) is 4.39 Å². The standard InChI is InChI=1S/C29H29F4N3O5/c1-14(2)9-22(34-24(38)8-7-15-5-3-4-6-17(15)30)29(40)35-20-10-16-11-21(36-28(16)39)25-18(31)12-19(32)26(33)27(25)41-13-23(20)37/h3-8,12,14,16,20-22H,9-11,13H2,1-2H3,(H,34,38)(H,35,40)(H,36,39)/b8-7+/t16-,20+,21?,22+/m1/s1. The molecule has 8 nitrogen and oxygen atoms in total. The molecule has 1 saturated heterocycles. The van der Waals surface area contributed by atoms with E-state index in [1.165, 1.54) is 24.3 Å². The average molecular weight is 576 g/mol. The molecule has 0 aliphatic carbocycles. The Hall–Kier alpha value is -4.22. The second kappa shape index (κ2) is 12.5. The summed E-state index contributed by atoms with van der Waals surface area (Å²) in [5, 5.41) is 7.63. The molecule has 0 spiro atoms. The summed E-state index contributed by atoms with van der Waals surface area (Å²) >= 11 is 0. The number of carbonyl (C=O) groups excluding carboxylic acids is 4. The fourth-order valence-electron chi connectivity index (χ4n) is 4.96. The van der Waals surface area contributed by atoms with Gasteiger partial charge in [0.25, 0.3) is 0 Å². The van der Waals surface area contributed by atoms with E-state index in [4.69, 9.17) is 4.74 Å². The maximum absolute atomic E-state index is 14.6. The Kier molecular flexibility index (Phi) is 9.09. The van der Waals surface area contributed by atoms with Crippen LogP contribution in [0, 0.1) is 35.1 Å². The van der Waals surface area contributed by atoms with Crippen molar-refractivity contribution in [3.63, 3.8) is 0 Å². The Balaban J connectivity index is 1.53. The van der Waals surface area contributed by atoms with Gasteiger partial charge in [-0.25, -0.2) is 13.2 Å². The maximum atomic E-state index is 14.6. The summed E-state index contributed by atoms with van der Waals surface area (Å²) in [6.45, 7) is 2.80. The van der Waals surface area contributed by atoms with Crippen molar-refractivity contribution in [1.82, 2.24) is 16.0 Å². The van der Waals surface area contributed by atoms with E-state index in [0.29, 0.717) is 6.07 Å². The Bertz CT molecular complexity index is 1400. The highest BCUT2D eigenvalue weighted by Crippen LogP contribution is 2.40. The van der Waals surface area contributed by atoms with Gasteiger partial charge in [0.2, 0.25) is 23.5 Å². The van der Waals surface area contributed by atoms with Gasteiger partial charge < -0.3 is 20.7 Å². The van der Waals surface area contributed by atoms with Crippen molar-refractivity contribution in [3.8, 4) is 5.75 Å². The number of benzene rings is 2. The minimum Gasteiger partial charge on any atom is -0.482 e. The molecule has 41 heavy (non-hydrogen) atoms. The van der Waals surface area contributed by atoms with Crippen LogP contribution in [0.25, 0.3) is 6.08 Å². The van der Waals surface area contributed by atoms with Crippen molar-refractivity contribution in [2.24, 2.45) is 11.8 Å². The highest BCUT2D eigenvalue weighted by molar-refractivity contribution is 5.97. The number of carbonyl (C=O) groups is 4. The number of ether oxygens (including phenoxy) is 1. The van der Waals surface area contributed by atoms with Gasteiger partial charge in [0.05, 0.1) is 17.6 Å². The molecule has 1 unspecified atom stereocenters. The molecule has 3 amide bonds. The third-order valence-electron chi connectivity index (χ3n) is 6.96. The van der Waals surface area contributed by atoms with Gasteiger partial charge in [-0.1, -0.05) is 32.0 Å². The maximum Gasteiger partial charge on any atom is 0.244 e. The number of halogens is 4. The molecular weight excluding hydrogens is 546 g/mol. The molecule has 0 radical (unpaired) electrons. The van der Waals surface area contributed by atoms with E-state index >= 15 is 0 Å². The lowest BCUT2D eigenvalue weighted by atomic mass is 9.91. The summed E-state index contributed by atoms with van der Waals surface area (Å²) in [4.78, 5) is 51.6. The highest BCUT2D eigenvalue weighted by atomic mass is 19.2. The van der Waals surface area contributed by atoms with Gasteiger partial charge in [0.15, 0.2) is 17.3 Å². The van der Waals surface area contributed by atoms with Gasteiger partial charge in [-0.15, -0.1) is 0 Å². The van der Waals surface area contributed by atoms with Gasteiger partial charge in [-0.3, -0.25) is 19.2 Å². The van der Waals surface area contributed by atoms with Crippen LogP contribution >= 0.6 is 0 Å². The van der Waals surface area contributed by atoms with Crippen molar-refractivity contribution in [2.45, 2.75) is 51.2 Å². The molecule has 218 valence electrons. The molecule has 2 bridgehead atoms. The summed E-state index contributed by atoms with van der Waals surface area (Å²) in [5.41, 5.74) is -0.219. The van der Waals surface area contributed by atoms with Crippen LogP contribution in [0.1, 0.15) is 50.3 Å². The van der Waals surface area contributed by atoms with Crippen LogP contribution in [-0.4, -0.2) is 42.2 Å². The summed E-state index contributed by atoms with van der Waals surface area (Å²) in [6.07, 6.45) is 2.31. The Morgan fingerprint density at radius 1 is 1.07 bits per heavy atom. The lowest BCUT2D eigenvalue weighted by molar-refractivity contribution is -0.132. The van der Waals surface area contributed by atoms with Crippen LogP contribution in [0.15, 0.2) is 36.4 Å². The van der Waals surface area contributed by atoms with E-state index in [-0.39, 0.29) is 30.7 Å². The van der Waals surface area contributed by atoms with Crippen molar-refractivity contribution >= 4 is 29.6 Å². The molecule has 2 aromatic rings. The molecule has 0 aromatic heterocycles. The summed E-state index contributed by atoms with van der Waals surface area (Å²) in [7, 11) is 0. The number of nitrogens with one attached hydrogen (secondary N) is 3. The third-order valence-corrected chi connectivity index (χ3v) is 6.96. The first-order valence-electron chi connectivity index (χ1n) is 13.1. The van der Waals surface area contributed by atoms with Gasteiger partial charge in [0.1, 0.15) is 24.3 Å². The fourth-order valence-corrected chi connectivity index (χ4v) is 4.96. The van der Waals surface area contributed by atoms with Crippen LogP contribution in [0.2, 0.25) is 0 Å². The first-order valence-corrected chi connectivity index (χ1v) is 13.1. The summed E-state index contributed by atoms with van der Waals surface area (Å²) < 4.78 is 62.2. The third kappa shape index (κ3) is 6.93. The monoisotopic (exact) mass is 575 g/mol. The normalized spacial score (nSPS) is 21.2. The molecule has 2 aromatic carbocycles. The first kappa shape index (κ1) is 29.8. The number of Topliss-reactive ketones (excluding diaryl/α,β-unsaturated/α-hetero) is 1. The highest BCUT2D eigenvalue weighted by Gasteiger charge is 2.41.